The molecule has 1 atom stereocenters. The van der Waals surface area contributed by atoms with Gasteiger partial charge in [0, 0.05) is 12.8 Å². The van der Waals surface area contributed by atoms with Crippen LogP contribution in [0.1, 0.15) is 33.1 Å². The fourth-order valence-electron chi connectivity index (χ4n) is 1.51. The van der Waals surface area contributed by atoms with Crippen molar-refractivity contribution in [3.05, 3.63) is 0 Å². The summed E-state index contributed by atoms with van der Waals surface area (Å²) in [6.45, 7) is 3.32. The van der Waals surface area contributed by atoms with E-state index in [1.54, 1.807) is 6.92 Å². The van der Waals surface area contributed by atoms with Gasteiger partial charge in [-0.05, 0) is 19.8 Å². The zero-order valence-corrected chi connectivity index (χ0v) is 9.62. The maximum Gasteiger partial charge on any atom is 0.308 e. The van der Waals surface area contributed by atoms with Crippen LogP contribution in [-0.2, 0) is 19.1 Å². The zero-order valence-electron chi connectivity index (χ0n) is 9.62. The summed E-state index contributed by atoms with van der Waals surface area (Å²) >= 11 is 0. The lowest BCUT2D eigenvalue weighted by Crippen LogP contribution is -2.42. The van der Waals surface area contributed by atoms with Gasteiger partial charge in [-0.3, -0.25) is 14.4 Å². The summed E-state index contributed by atoms with van der Waals surface area (Å²) in [5.41, 5.74) is 0. The van der Waals surface area contributed by atoms with Crippen LogP contribution in [-0.4, -0.2) is 30.3 Å². The zero-order chi connectivity index (χ0) is 12.1. The van der Waals surface area contributed by atoms with Gasteiger partial charge in [0.05, 0.1) is 19.1 Å². The predicted molar refractivity (Wildman–Crippen MR) is 56.6 cm³/mol. The van der Waals surface area contributed by atoms with Crippen LogP contribution in [0.5, 0.6) is 0 Å². The first kappa shape index (κ1) is 12.7. The SMILES string of the molecule is CCOC(=O)CC(NC(C)=O)C(=O)C1CC1. The van der Waals surface area contributed by atoms with E-state index in [1.165, 1.54) is 6.92 Å². The van der Waals surface area contributed by atoms with Gasteiger partial charge in [-0.1, -0.05) is 0 Å². The van der Waals surface area contributed by atoms with Crippen molar-refractivity contribution in [2.24, 2.45) is 5.92 Å². The maximum atomic E-state index is 11.8. The first-order chi connectivity index (χ1) is 7.54. The molecule has 0 spiro atoms. The van der Waals surface area contributed by atoms with Crippen molar-refractivity contribution >= 4 is 17.7 Å². The summed E-state index contributed by atoms with van der Waals surface area (Å²) < 4.78 is 4.76. The normalized spacial score (nSPS) is 16.4. The molecule has 1 aliphatic carbocycles. The summed E-state index contributed by atoms with van der Waals surface area (Å²) in [4.78, 5) is 33.9. The largest absolute Gasteiger partial charge is 0.466 e. The number of Topliss-reactive ketones (excluding diaryl/α,β-unsaturated/α-hetero) is 1. The van der Waals surface area contributed by atoms with Gasteiger partial charge < -0.3 is 10.1 Å². The Balaban J connectivity index is 2.52. The Morgan fingerprint density at radius 2 is 2.00 bits per heavy atom. The average molecular weight is 227 g/mol. The van der Waals surface area contributed by atoms with Crippen molar-refractivity contribution in [3.63, 3.8) is 0 Å². The van der Waals surface area contributed by atoms with Gasteiger partial charge in [0.2, 0.25) is 5.91 Å². The molecule has 90 valence electrons. The minimum absolute atomic E-state index is 0.0197. The number of hydrogen-bond acceptors (Lipinski definition) is 4. The number of amides is 1. The second-order valence-corrected chi connectivity index (χ2v) is 3.94. The molecule has 0 aliphatic heterocycles. The molecule has 1 N–H and O–H groups in total. The van der Waals surface area contributed by atoms with Gasteiger partial charge >= 0.3 is 5.97 Å². The van der Waals surface area contributed by atoms with Crippen molar-refractivity contribution in [1.29, 1.82) is 0 Å². The molecule has 1 amide bonds. The monoisotopic (exact) mass is 227 g/mol. The molecule has 1 aliphatic rings. The number of hydrogen-bond donors (Lipinski definition) is 1. The molecule has 0 aromatic rings. The van der Waals surface area contributed by atoms with Crippen LogP contribution in [0.2, 0.25) is 0 Å². The van der Waals surface area contributed by atoms with E-state index in [1.807, 2.05) is 0 Å². The van der Waals surface area contributed by atoms with E-state index < -0.39 is 12.0 Å². The molecular formula is C11H17NO4. The molecule has 16 heavy (non-hydrogen) atoms. The van der Waals surface area contributed by atoms with Gasteiger partial charge in [-0.25, -0.2) is 0 Å². The summed E-state index contributed by atoms with van der Waals surface area (Å²) in [6, 6.07) is -0.718. The van der Waals surface area contributed by atoms with Crippen molar-refractivity contribution in [3.8, 4) is 0 Å². The summed E-state index contributed by atoms with van der Waals surface area (Å²) in [5.74, 6) is -0.784. The van der Waals surface area contributed by atoms with Crippen LogP contribution >= 0.6 is 0 Å². The fourth-order valence-corrected chi connectivity index (χ4v) is 1.51. The quantitative estimate of drug-likeness (QED) is 0.668. The van der Waals surface area contributed by atoms with Gasteiger partial charge in [0.1, 0.15) is 0 Å². The highest BCUT2D eigenvalue weighted by molar-refractivity contribution is 5.94. The Morgan fingerprint density at radius 3 is 2.44 bits per heavy atom. The number of carbonyl (C=O) groups is 3. The molecular weight excluding hydrogens is 210 g/mol. The van der Waals surface area contributed by atoms with Gasteiger partial charge in [-0.2, -0.15) is 0 Å². The van der Waals surface area contributed by atoms with Gasteiger partial charge in [0.15, 0.2) is 5.78 Å². The van der Waals surface area contributed by atoms with Crippen LogP contribution in [0, 0.1) is 5.92 Å². The lowest BCUT2D eigenvalue weighted by molar-refractivity contribution is -0.145. The van der Waals surface area contributed by atoms with Crippen molar-refractivity contribution in [1.82, 2.24) is 5.32 Å². The second kappa shape index (κ2) is 5.63. The molecule has 0 radical (unpaired) electrons. The van der Waals surface area contributed by atoms with E-state index in [0.717, 1.165) is 12.8 Å². The summed E-state index contributed by atoms with van der Waals surface area (Å²) in [6.07, 6.45) is 1.65. The number of esters is 1. The van der Waals surface area contributed by atoms with E-state index >= 15 is 0 Å². The Kier molecular flexibility index (Phi) is 4.46. The van der Waals surface area contributed by atoms with E-state index in [4.69, 9.17) is 4.74 Å². The number of ketones is 1. The van der Waals surface area contributed by atoms with Crippen LogP contribution in [0.3, 0.4) is 0 Å². The third-order valence-corrected chi connectivity index (χ3v) is 2.38. The Hall–Kier alpha value is -1.39. The van der Waals surface area contributed by atoms with Crippen molar-refractivity contribution < 1.29 is 19.1 Å². The molecule has 1 saturated carbocycles. The van der Waals surface area contributed by atoms with E-state index in [9.17, 15) is 14.4 Å². The van der Waals surface area contributed by atoms with Gasteiger partial charge in [0.25, 0.3) is 0 Å². The van der Waals surface area contributed by atoms with E-state index in [-0.39, 0.29) is 30.6 Å². The molecule has 0 heterocycles. The van der Waals surface area contributed by atoms with Crippen LogP contribution < -0.4 is 5.32 Å². The molecule has 0 aromatic heterocycles. The fraction of sp³-hybridized carbons (Fsp3) is 0.727. The lowest BCUT2D eigenvalue weighted by atomic mass is 10.1. The standard InChI is InChI=1S/C11H17NO4/c1-3-16-10(14)6-9(12-7(2)13)11(15)8-4-5-8/h8-9H,3-6H2,1-2H3,(H,12,13). The number of carbonyl (C=O) groups excluding carboxylic acids is 3. The Labute approximate surface area is 94.5 Å². The summed E-state index contributed by atoms with van der Waals surface area (Å²) in [5, 5.41) is 2.50. The van der Waals surface area contributed by atoms with Gasteiger partial charge in [-0.15, -0.1) is 0 Å². The minimum Gasteiger partial charge on any atom is -0.466 e. The highest BCUT2D eigenvalue weighted by Gasteiger charge is 2.36. The number of rotatable bonds is 6. The van der Waals surface area contributed by atoms with Crippen molar-refractivity contribution in [2.45, 2.75) is 39.2 Å². The Morgan fingerprint density at radius 1 is 1.38 bits per heavy atom. The molecule has 1 fully saturated rings. The molecule has 5 heteroatoms. The van der Waals surface area contributed by atoms with Crippen LogP contribution in [0.25, 0.3) is 0 Å². The molecule has 1 rings (SSSR count). The molecule has 0 saturated heterocycles. The second-order valence-electron chi connectivity index (χ2n) is 3.94. The molecule has 5 nitrogen and oxygen atoms in total. The van der Waals surface area contributed by atoms with E-state index in [0.29, 0.717) is 0 Å². The van der Waals surface area contributed by atoms with Crippen LogP contribution in [0.4, 0.5) is 0 Å². The van der Waals surface area contributed by atoms with Crippen molar-refractivity contribution in [2.75, 3.05) is 6.61 Å². The highest BCUT2D eigenvalue weighted by atomic mass is 16.5. The Bertz CT molecular complexity index is 296. The topological polar surface area (TPSA) is 72.5 Å². The molecule has 0 bridgehead atoms. The minimum atomic E-state index is -0.718. The maximum absolute atomic E-state index is 11.8. The molecule has 0 aromatic carbocycles. The first-order valence-electron chi connectivity index (χ1n) is 5.51. The third kappa shape index (κ3) is 4.00. The first-order valence-corrected chi connectivity index (χ1v) is 5.51. The number of nitrogens with one attached hydrogen (secondary N) is 1. The lowest BCUT2D eigenvalue weighted by Gasteiger charge is -2.15. The van der Waals surface area contributed by atoms with Crippen LogP contribution in [0.15, 0.2) is 0 Å². The average Bonchev–Trinajstić information content (AvgIpc) is 2.98. The number of ether oxygens (including phenoxy) is 1. The third-order valence-electron chi connectivity index (χ3n) is 2.38. The van der Waals surface area contributed by atoms with E-state index in [2.05, 4.69) is 5.32 Å². The predicted octanol–water partition coefficient (Wildman–Crippen LogP) is 0.423. The smallest absolute Gasteiger partial charge is 0.308 e. The molecule has 1 unspecified atom stereocenters. The summed E-state index contributed by atoms with van der Waals surface area (Å²) in [7, 11) is 0. The highest BCUT2D eigenvalue weighted by Crippen LogP contribution is 2.31.